The lowest BCUT2D eigenvalue weighted by atomic mass is 10.2. The van der Waals surface area contributed by atoms with E-state index in [0.717, 1.165) is 10.6 Å². The van der Waals surface area contributed by atoms with E-state index in [1.165, 1.54) is 17.8 Å². The molecule has 4 aromatic carbocycles. The van der Waals surface area contributed by atoms with E-state index in [4.69, 9.17) is 27.9 Å². The summed E-state index contributed by atoms with van der Waals surface area (Å²) in [5.41, 5.74) is 1.62. The number of carbonyl (C=O) groups excluding carboxylic acids is 2. The molecule has 0 aliphatic carbocycles. The Hall–Kier alpha value is -3.45. The molecule has 0 aromatic heterocycles. The third kappa shape index (κ3) is 7.52. The van der Waals surface area contributed by atoms with Gasteiger partial charge in [-0.1, -0.05) is 54.4 Å². The van der Waals surface area contributed by atoms with Crippen molar-refractivity contribution in [2.24, 2.45) is 0 Å². The van der Waals surface area contributed by atoms with E-state index in [-0.39, 0.29) is 22.1 Å². The minimum Gasteiger partial charge on any atom is -0.457 e. The molecule has 5 nitrogen and oxygen atoms in total. The van der Waals surface area contributed by atoms with Gasteiger partial charge in [0.25, 0.3) is 5.91 Å². The van der Waals surface area contributed by atoms with Crippen molar-refractivity contribution in [3.05, 3.63) is 113 Å². The number of rotatable bonds is 9. The number of ether oxygens (including phenoxy) is 1. The molecule has 0 aliphatic heterocycles. The fourth-order valence-electron chi connectivity index (χ4n) is 3.46. The molecule has 188 valence electrons. The number of carbonyl (C=O) groups is 2. The maximum Gasteiger partial charge on any atom is 0.257 e. The average molecular weight is 551 g/mol. The van der Waals surface area contributed by atoms with Crippen LogP contribution < -0.4 is 15.4 Å². The molecule has 0 heterocycles. The minimum absolute atomic E-state index is 0.105. The summed E-state index contributed by atoms with van der Waals surface area (Å²) >= 11 is 13.5. The zero-order valence-corrected chi connectivity index (χ0v) is 22.2. The van der Waals surface area contributed by atoms with Gasteiger partial charge in [0.15, 0.2) is 0 Å². The number of nitrogens with one attached hydrogen (secondary N) is 2. The molecule has 0 bridgehead atoms. The summed E-state index contributed by atoms with van der Waals surface area (Å²) in [7, 11) is 0. The molecule has 0 fully saturated rings. The van der Waals surface area contributed by atoms with Crippen LogP contribution in [-0.4, -0.2) is 17.1 Å². The standard InChI is InChI=1S/C29H24Cl2N2O3S/c1-2-27(29(35)32-20-12-14-23(15-13-20)36-22-8-4-3-5-9-22)37-24-10-6-7-21(18-24)33-28(34)25-16-11-19(30)17-26(25)31/h3-18,27H,2H2,1H3,(H,32,35)(H,33,34). The number of hydrogen-bond donors (Lipinski definition) is 2. The van der Waals surface area contributed by atoms with E-state index < -0.39 is 0 Å². The van der Waals surface area contributed by atoms with Gasteiger partial charge in [0.1, 0.15) is 11.5 Å². The molecule has 0 aliphatic rings. The van der Waals surface area contributed by atoms with Crippen LogP contribution in [0.4, 0.5) is 11.4 Å². The molecular weight excluding hydrogens is 527 g/mol. The number of para-hydroxylation sites is 1. The van der Waals surface area contributed by atoms with Gasteiger partial charge >= 0.3 is 0 Å². The molecule has 0 saturated heterocycles. The van der Waals surface area contributed by atoms with Gasteiger partial charge in [0.05, 0.1) is 15.8 Å². The Morgan fingerprint density at radius 3 is 2.24 bits per heavy atom. The summed E-state index contributed by atoms with van der Waals surface area (Å²) in [5.74, 6) is 0.987. The summed E-state index contributed by atoms with van der Waals surface area (Å²) in [5, 5.41) is 6.23. The quantitative estimate of drug-likeness (QED) is 0.205. The van der Waals surface area contributed by atoms with Gasteiger partial charge in [-0.25, -0.2) is 0 Å². The first kappa shape index (κ1) is 26.6. The van der Waals surface area contributed by atoms with Gasteiger partial charge in [0, 0.05) is 21.3 Å². The van der Waals surface area contributed by atoms with Crippen molar-refractivity contribution >= 4 is 58.2 Å². The predicted molar refractivity (Wildman–Crippen MR) is 152 cm³/mol. The van der Waals surface area contributed by atoms with Crippen LogP contribution in [0.5, 0.6) is 11.5 Å². The summed E-state index contributed by atoms with van der Waals surface area (Å²) in [6, 6.07) is 28.8. The number of anilines is 2. The van der Waals surface area contributed by atoms with E-state index in [1.807, 2.05) is 79.7 Å². The average Bonchev–Trinajstić information content (AvgIpc) is 2.89. The van der Waals surface area contributed by atoms with Crippen LogP contribution >= 0.6 is 35.0 Å². The highest BCUT2D eigenvalue weighted by atomic mass is 35.5. The monoisotopic (exact) mass is 550 g/mol. The highest BCUT2D eigenvalue weighted by molar-refractivity contribution is 8.00. The molecular formula is C29H24Cl2N2O3S. The van der Waals surface area contributed by atoms with Crippen LogP contribution in [0, 0.1) is 0 Å². The topological polar surface area (TPSA) is 67.4 Å². The van der Waals surface area contributed by atoms with Crippen LogP contribution in [0.2, 0.25) is 10.0 Å². The van der Waals surface area contributed by atoms with Gasteiger partial charge in [-0.15, -0.1) is 11.8 Å². The first-order valence-corrected chi connectivity index (χ1v) is 13.2. The molecule has 0 saturated carbocycles. The number of hydrogen-bond acceptors (Lipinski definition) is 4. The summed E-state index contributed by atoms with van der Waals surface area (Å²) in [4.78, 5) is 26.5. The second-order valence-electron chi connectivity index (χ2n) is 8.05. The van der Waals surface area contributed by atoms with Crippen molar-refractivity contribution < 1.29 is 14.3 Å². The minimum atomic E-state index is -0.340. The second-order valence-corrected chi connectivity index (χ2v) is 10.2. The van der Waals surface area contributed by atoms with E-state index >= 15 is 0 Å². The fourth-order valence-corrected chi connectivity index (χ4v) is 4.97. The normalized spacial score (nSPS) is 11.4. The first-order chi connectivity index (χ1) is 17.9. The van der Waals surface area contributed by atoms with E-state index in [1.54, 1.807) is 18.2 Å². The lowest BCUT2D eigenvalue weighted by molar-refractivity contribution is -0.115. The number of benzene rings is 4. The highest BCUT2D eigenvalue weighted by Crippen LogP contribution is 2.30. The molecule has 1 unspecified atom stereocenters. The van der Waals surface area contributed by atoms with Crippen molar-refractivity contribution in [1.82, 2.24) is 0 Å². The Bertz CT molecular complexity index is 1380. The Kier molecular flexibility index (Phi) is 9.12. The molecule has 2 amide bonds. The first-order valence-electron chi connectivity index (χ1n) is 11.6. The summed E-state index contributed by atoms with van der Waals surface area (Å²) in [6.07, 6.45) is 0.628. The Morgan fingerprint density at radius 2 is 1.54 bits per heavy atom. The van der Waals surface area contributed by atoms with Crippen LogP contribution in [0.3, 0.4) is 0 Å². The summed E-state index contributed by atoms with van der Waals surface area (Å²) < 4.78 is 5.80. The van der Waals surface area contributed by atoms with E-state index in [0.29, 0.717) is 34.1 Å². The van der Waals surface area contributed by atoms with Crippen LogP contribution in [-0.2, 0) is 4.79 Å². The molecule has 8 heteroatoms. The predicted octanol–water partition coefficient (Wildman–Crippen LogP) is 8.55. The lowest BCUT2D eigenvalue weighted by Gasteiger charge is -2.16. The third-order valence-electron chi connectivity index (χ3n) is 5.31. The zero-order valence-electron chi connectivity index (χ0n) is 19.9. The molecule has 4 aromatic rings. The Morgan fingerprint density at radius 1 is 0.811 bits per heavy atom. The second kappa shape index (κ2) is 12.7. The van der Waals surface area contributed by atoms with Crippen molar-refractivity contribution in [2.45, 2.75) is 23.5 Å². The Balaban J connectivity index is 1.36. The van der Waals surface area contributed by atoms with Crippen LogP contribution in [0.25, 0.3) is 0 Å². The zero-order chi connectivity index (χ0) is 26.2. The maximum atomic E-state index is 13.0. The van der Waals surface area contributed by atoms with E-state index in [9.17, 15) is 9.59 Å². The van der Waals surface area contributed by atoms with Gasteiger partial charge in [0.2, 0.25) is 5.91 Å². The molecule has 0 spiro atoms. The van der Waals surface area contributed by atoms with Crippen molar-refractivity contribution in [2.75, 3.05) is 10.6 Å². The lowest BCUT2D eigenvalue weighted by Crippen LogP contribution is -2.24. The molecule has 4 rings (SSSR count). The van der Waals surface area contributed by atoms with Crippen molar-refractivity contribution in [3.8, 4) is 11.5 Å². The van der Waals surface area contributed by atoms with Crippen LogP contribution in [0.1, 0.15) is 23.7 Å². The highest BCUT2D eigenvalue weighted by Gasteiger charge is 2.19. The molecule has 1 atom stereocenters. The van der Waals surface area contributed by atoms with Crippen LogP contribution in [0.15, 0.2) is 102 Å². The van der Waals surface area contributed by atoms with Crippen molar-refractivity contribution in [3.63, 3.8) is 0 Å². The number of halogens is 2. The fraction of sp³-hybridized carbons (Fsp3) is 0.103. The third-order valence-corrected chi connectivity index (χ3v) is 7.22. The number of thioether (sulfide) groups is 1. The van der Waals surface area contributed by atoms with E-state index in [2.05, 4.69) is 10.6 Å². The van der Waals surface area contributed by atoms with Gasteiger partial charge in [-0.2, -0.15) is 0 Å². The number of amides is 2. The largest absolute Gasteiger partial charge is 0.457 e. The SMILES string of the molecule is CCC(Sc1cccc(NC(=O)c2ccc(Cl)cc2Cl)c1)C(=O)Nc1ccc(Oc2ccccc2)cc1. The molecule has 0 radical (unpaired) electrons. The molecule has 2 N–H and O–H groups in total. The Labute approximate surface area is 230 Å². The van der Waals surface area contributed by atoms with Gasteiger partial charge in [-0.3, -0.25) is 9.59 Å². The maximum absolute atomic E-state index is 13.0. The van der Waals surface area contributed by atoms with Gasteiger partial charge < -0.3 is 15.4 Å². The summed E-state index contributed by atoms with van der Waals surface area (Å²) in [6.45, 7) is 1.96. The van der Waals surface area contributed by atoms with Crippen molar-refractivity contribution in [1.29, 1.82) is 0 Å². The smallest absolute Gasteiger partial charge is 0.257 e. The van der Waals surface area contributed by atoms with Gasteiger partial charge in [-0.05, 0) is 79.2 Å². The molecule has 37 heavy (non-hydrogen) atoms.